The van der Waals surface area contributed by atoms with Gasteiger partial charge in [0.2, 0.25) is 11.8 Å². The van der Waals surface area contributed by atoms with Crippen LogP contribution in [-0.2, 0) is 31.9 Å². The Morgan fingerprint density at radius 2 is 1.11 bits per heavy atom. The summed E-state index contributed by atoms with van der Waals surface area (Å²) in [6, 6.07) is 2.34. The number of rotatable bonds is 10. The summed E-state index contributed by atoms with van der Waals surface area (Å²) in [5, 5.41) is 5.39. The third-order valence-corrected chi connectivity index (χ3v) is 10.8. The molecule has 16 nitrogen and oxygen atoms in total. The van der Waals surface area contributed by atoms with Crippen molar-refractivity contribution in [3.05, 3.63) is 58.7 Å². The quantitative estimate of drug-likeness (QED) is 0.232. The van der Waals surface area contributed by atoms with Gasteiger partial charge in [-0.2, -0.15) is 0 Å². The Kier molecular flexibility index (Phi) is 10.3. The molecule has 4 aliphatic rings. The Balaban J connectivity index is 1.02. The standard InChI is InChI=1S/C38H48N10O6/c1-19(2)31(45-37(51)53-5)35(49)47-11-7-9-29(47)33-39-17-27(43-33)25-15-21-13-24-22(14-23(21)41-25)16-26(42-24)28-18-40-34(44-28)30-10-8-12-48(30)36(50)32(20(3)4)46-38(52)54-6/h13-14,17-20,29-32H,7-12,15-16H2,1-6H3,(H,39,43)(H,40,44)(H,45,51)(H,46,52)/t29-,30-,31-,32-/m0/s1. The lowest BCUT2D eigenvalue weighted by Gasteiger charge is -2.30. The van der Waals surface area contributed by atoms with Gasteiger partial charge < -0.3 is 39.9 Å². The van der Waals surface area contributed by atoms with Gasteiger partial charge in [0.25, 0.3) is 0 Å². The van der Waals surface area contributed by atoms with Crippen molar-refractivity contribution >= 4 is 46.8 Å². The van der Waals surface area contributed by atoms with E-state index in [9.17, 15) is 19.2 Å². The number of alkyl carbamates (subject to hydrolysis) is 2. The van der Waals surface area contributed by atoms with Gasteiger partial charge in [-0.05, 0) is 60.8 Å². The van der Waals surface area contributed by atoms with Gasteiger partial charge in [0.15, 0.2) is 0 Å². The van der Waals surface area contributed by atoms with Crippen LogP contribution in [0, 0.1) is 11.8 Å². The highest BCUT2D eigenvalue weighted by Crippen LogP contribution is 2.39. The third kappa shape index (κ3) is 7.08. The van der Waals surface area contributed by atoms with E-state index in [1.165, 1.54) is 14.2 Å². The summed E-state index contributed by atoms with van der Waals surface area (Å²) in [6.45, 7) is 8.75. The molecule has 2 aromatic heterocycles. The summed E-state index contributed by atoms with van der Waals surface area (Å²) in [5.74, 6) is 0.877. The van der Waals surface area contributed by atoms with Crippen LogP contribution >= 0.6 is 0 Å². The van der Waals surface area contributed by atoms with Gasteiger partial charge in [0, 0.05) is 25.9 Å². The molecule has 4 atom stereocenters. The molecule has 3 aromatic rings. The Labute approximate surface area is 313 Å². The number of benzene rings is 1. The molecule has 4 N–H and O–H groups in total. The van der Waals surface area contributed by atoms with E-state index in [0.29, 0.717) is 37.6 Å². The van der Waals surface area contributed by atoms with Crippen LogP contribution < -0.4 is 10.6 Å². The van der Waals surface area contributed by atoms with Crippen molar-refractivity contribution < 1.29 is 28.7 Å². The number of aliphatic imine (C=N–C) groups is 2. The fraction of sp³-hybridized carbons (Fsp3) is 0.526. The minimum atomic E-state index is -0.698. The maximum absolute atomic E-state index is 13.6. The number of carbonyl (C=O) groups is 4. The van der Waals surface area contributed by atoms with E-state index in [4.69, 9.17) is 19.5 Å². The number of hydrogen-bond acceptors (Lipinski definition) is 10. The van der Waals surface area contributed by atoms with Crippen molar-refractivity contribution in [2.24, 2.45) is 21.8 Å². The first kappa shape index (κ1) is 36.8. The first-order chi connectivity index (χ1) is 25.9. The van der Waals surface area contributed by atoms with Gasteiger partial charge in [0.05, 0.1) is 72.9 Å². The van der Waals surface area contributed by atoms with E-state index < -0.39 is 24.3 Å². The lowest BCUT2D eigenvalue weighted by atomic mass is 10.0. The summed E-state index contributed by atoms with van der Waals surface area (Å²) >= 11 is 0. The molecule has 0 spiro atoms. The normalized spacial score (nSPS) is 20.1. The summed E-state index contributed by atoms with van der Waals surface area (Å²) < 4.78 is 9.51. The van der Waals surface area contributed by atoms with Crippen LogP contribution in [0.4, 0.5) is 21.0 Å². The molecule has 4 amide bonds. The number of fused-ring (bicyclic) bond motifs is 2. The molecule has 1 aromatic carbocycles. The first-order valence-electron chi connectivity index (χ1n) is 18.7. The van der Waals surface area contributed by atoms with Crippen molar-refractivity contribution in [1.82, 2.24) is 40.4 Å². The van der Waals surface area contributed by atoms with Crippen LogP contribution in [0.2, 0.25) is 0 Å². The number of nitrogens with zero attached hydrogens (tertiary/aromatic N) is 6. The zero-order valence-corrected chi connectivity index (χ0v) is 31.6. The van der Waals surface area contributed by atoms with Gasteiger partial charge in [-0.15, -0.1) is 0 Å². The Morgan fingerprint density at radius 3 is 1.48 bits per heavy atom. The number of amides is 4. The van der Waals surface area contributed by atoms with Crippen molar-refractivity contribution in [2.45, 2.75) is 90.4 Å². The molecule has 16 heteroatoms. The highest BCUT2D eigenvalue weighted by molar-refractivity contribution is 6.08. The highest BCUT2D eigenvalue weighted by Gasteiger charge is 2.39. The van der Waals surface area contributed by atoms with Gasteiger partial charge in [-0.25, -0.2) is 19.6 Å². The molecule has 286 valence electrons. The largest absolute Gasteiger partial charge is 0.453 e. The average Bonchev–Trinajstić information content (AvgIpc) is 4.00. The number of carbonyl (C=O) groups excluding carboxylic acids is 4. The second-order valence-corrected chi connectivity index (χ2v) is 15.0. The molecule has 0 aliphatic carbocycles. The smallest absolute Gasteiger partial charge is 0.407 e. The molecule has 0 radical (unpaired) electrons. The molecule has 0 bridgehead atoms. The summed E-state index contributed by atoms with van der Waals surface area (Å²) in [5.41, 5.74) is 7.29. The van der Waals surface area contributed by atoms with E-state index in [0.717, 1.165) is 71.0 Å². The molecule has 2 saturated heterocycles. The highest BCUT2D eigenvalue weighted by atomic mass is 16.5. The number of ether oxygens (including phenoxy) is 2. The molecular formula is C38H48N10O6. The van der Waals surface area contributed by atoms with E-state index in [1.54, 1.807) is 22.2 Å². The van der Waals surface area contributed by atoms with Gasteiger partial charge in [-0.3, -0.25) is 19.6 Å². The van der Waals surface area contributed by atoms with Crippen LogP contribution in [0.25, 0.3) is 0 Å². The number of imidazole rings is 2. The van der Waals surface area contributed by atoms with Crippen LogP contribution in [0.1, 0.15) is 99.6 Å². The molecule has 54 heavy (non-hydrogen) atoms. The zero-order chi connectivity index (χ0) is 38.3. The maximum atomic E-state index is 13.6. The van der Waals surface area contributed by atoms with Gasteiger partial charge in [0.1, 0.15) is 23.7 Å². The second-order valence-electron chi connectivity index (χ2n) is 15.0. The molecule has 6 heterocycles. The zero-order valence-electron chi connectivity index (χ0n) is 31.6. The fourth-order valence-corrected chi connectivity index (χ4v) is 7.89. The van der Waals surface area contributed by atoms with E-state index in [1.807, 2.05) is 27.7 Å². The van der Waals surface area contributed by atoms with E-state index in [-0.39, 0.29) is 35.7 Å². The number of aromatic nitrogens is 4. The minimum absolute atomic E-state index is 0.114. The molecule has 4 aliphatic heterocycles. The molecule has 7 rings (SSSR count). The SMILES string of the molecule is COC(=O)N[C@H](C(=O)N1CCC[C@H]1c1ncc(C2=Nc3cc4c(cc3C2)N=C(c2cnc([C@@H]3CCCN3C(=O)[C@@H](NC(=O)OC)C(C)C)[nH]2)C4)[nH]1)C(C)C. The molecular weight excluding hydrogens is 692 g/mol. The molecule has 2 fully saturated rings. The minimum Gasteiger partial charge on any atom is -0.453 e. The number of nitrogens with one attached hydrogen (secondary N) is 4. The fourth-order valence-electron chi connectivity index (χ4n) is 7.89. The van der Waals surface area contributed by atoms with Gasteiger partial charge >= 0.3 is 12.2 Å². The monoisotopic (exact) mass is 740 g/mol. The topological polar surface area (TPSA) is 199 Å². The average molecular weight is 741 g/mol. The molecule has 0 unspecified atom stereocenters. The third-order valence-electron chi connectivity index (χ3n) is 10.8. The van der Waals surface area contributed by atoms with Gasteiger partial charge in [-0.1, -0.05) is 27.7 Å². The molecule has 0 saturated carbocycles. The van der Waals surface area contributed by atoms with Crippen LogP contribution in [0.15, 0.2) is 34.5 Å². The predicted octanol–water partition coefficient (Wildman–Crippen LogP) is 4.57. The predicted molar refractivity (Wildman–Crippen MR) is 199 cm³/mol. The summed E-state index contributed by atoms with van der Waals surface area (Å²) in [4.78, 5) is 80.9. The van der Waals surface area contributed by atoms with Crippen LogP contribution in [0.3, 0.4) is 0 Å². The lowest BCUT2D eigenvalue weighted by molar-refractivity contribution is -0.136. The maximum Gasteiger partial charge on any atom is 0.407 e. The van der Waals surface area contributed by atoms with E-state index >= 15 is 0 Å². The Hall–Kier alpha value is -5.54. The van der Waals surface area contributed by atoms with Crippen molar-refractivity contribution in [1.29, 1.82) is 0 Å². The number of aromatic amines is 2. The van der Waals surface area contributed by atoms with Crippen LogP contribution in [-0.4, -0.2) is 105 Å². The summed E-state index contributed by atoms with van der Waals surface area (Å²) in [7, 11) is 2.57. The number of hydrogen-bond donors (Lipinski definition) is 4. The van der Waals surface area contributed by atoms with Crippen molar-refractivity contribution in [3.8, 4) is 0 Å². The van der Waals surface area contributed by atoms with Crippen LogP contribution in [0.5, 0.6) is 0 Å². The lowest BCUT2D eigenvalue weighted by Crippen LogP contribution is -2.51. The Morgan fingerprint density at radius 1 is 0.704 bits per heavy atom. The number of likely N-dealkylation sites (tertiary alicyclic amines) is 2. The summed E-state index contributed by atoms with van der Waals surface area (Å²) in [6.07, 6.45) is 6.74. The second kappa shape index (κ2) is 15.1. The number of H-pyrrole nitrogens is 2. The van der Waals surface area contributed by atoms with Crippen molar-refractivity contribution in [3.63, 3.8) is 0 Å². The van der Waals surface area contributed by atoms with Crippen molar-refractivity contribution in [2.75, 3.05) is 27.3 Å². The Bertz CT molecular complexity index is 1870. The van der Waals surface area contributed by atoms with E-state index in [2.05, 4.69) is 42.7 Å². The number of methoxy groups -OCH3 is 2. The first-order valence-corrected chi connectivity index (χ1v) is 18.7.